The molecule has 2 nitrogen and oxygen atoms in total. The molecule has 0 amide bonds. The van der Waals surface area contributed by atoms with E-state index in [1.165, 1.54) is 12.8 Å². The number of nitrogens with two attached hydrogens (primary N) is 1. The van der Waals surface area contributed by atoms with Crippen molar-refractivity contribution in [3.05, 3.63) is 0 Å². The number of hydrogen-bond donors (Lipinski definition) is 1. The molecule has 2 heteroatoms. The molecular formula is C14H29NO. The van der Waals surface area contributed by atoms with Gasteiger partial charge in [0.15, 0.2) is 0 Å². The molecule has 0 aliphatic heterocycles. The van der Waals surface area contributed by atoms with E-state index >= 15 is 0 Å². The molecule has 0 aromatic rings. The van der Waals surface area contributed by atoms with Crippen LogP contribution in [0.1, 0.15) is 53.4 Å². The molecule has 1 fully saturated rings. The van der Waals surface area contributed by atoms with Gasteiger partial charge in [-0.2, -0.15) is 0 Å². The molecule has 1 saturated carbocycles. The predicted molar refractivity (Wildman–Crippen MR) is 69.4 cm³/mol. The molecule has 1 aliphatic rings. The molecule has 0 saturated heterocycles. The van der Waals surface area contributed by atoms with E-state index in [0.29, 0.717) is 11.3 Å². The van der Waals surface area contributed by atoms with Gasteiger partial charge < -0.3 is 10.5 Å². The van der Waals surface area contributed by atoms with E-state index in [2.05, 4.69) is 27.7 Å². The van der Waals surface area contributed by atoms with Crippen LogP contribution in [0.3, 0.4) is 0 Å². The minimum atomic E-state index is 0.0117. The van der Waals surface area contributed by atoms with Crippen LogP contribution in [-0.4, -0.2) is 19.3 Å². The summed E-state index contributed by atoms with van der Waals surface area (Å²) in [5.74, 6) is 1.30. The molecule has 16 heavy (non-hydrogen) atoms. The lowest BCUT2D eigenvalue weighted by atomic mass is 9.65. The summed E-state index contributed by atoms with van der Waals surface area (Å²) in [5.41, 5.74) is 6.96. The lowest BCUT2D eigenvalue weighted by molar-refractivity contribution is 0.0632. The van der Waals surface area contributed by atoms with Crippen molar-refractivity contribution in [2.75, 3.05) is 13.7 Å². The summed E-state index contributed by atoms with van der Waals surface area (Å²) in [6.07, 6.45) is 4.85. The summed E-state index contributed by atoms with van der Waals surface area (Å²) < 4.78 is 5.24. The lowest BCUT2D eigenvalue weighted by Gasteiger charge is -2.45. The van der Waals surface area contributed by atoms with E-state index < -0.39 is 0 Å². The Morgan fingerprint density at radius 1 is 1.31 bits per heavy atom. The molecule has 1 rings (SSSR count). The van der Waals surface area contributed by atoms with Gasteiger partial charge in [-0.3, -0.25) is 0 Å². The Labute approximate surface area is 101 Å². The maximum Gasteiger partial charge on any atom is 0.0505 e. The van der Waals surface area contributed by atoms with Crippen molar-refractivity contribution in [1.29, 1.82) is 0 Å². The highest BCUT2D eigenvalue weighted by Crippen LogP contribution is 2.42. The van der Waals surface area contributed by atoms with E-state index in [9.17, 15) is 0 Å². The van der Waals surface area contributed by atoms with Gasteiger partial charge in [-0.05, 0) is 42.9 Å². The van der Waals surface area contributed by atoms with Crippen LogP contribution >= 0.6 is 0 Å². The van der Waals surface area contributed by atoms with Crippen LogP contribution in [0.5, 0.6) is 0 Å². The zero-order valence-corrected chi connectivity index (χ0v) is 11.7. The molecule has 1 aliphatic carbocycles. The first-order valence-corrected chi connectivity index (χ1v) is 6.57. The normalized spacial score (nSPS) is 33.8. The van der Waals surface area contributed by atoms with Crippen LogP contribution < -0.4 is 5.73 Å². The Hall–Kier alpha value is -0.0800. The molecule has 0 heterocycles. The summed E-state index contributed by atoms with van der Waals surface area (Å²) in [4.78, 5) is 0. The van der Waals surface area contributed by atoms with E-state index in [1.54, 1.807) is 7.11 Å². The maximum atomic E-state index is 6.51. The first kappa shape index (κ1) is 14.0. The number of ether oxygens (including phenoxy) is 1. The molecule has 1 unspecified atom stereocenters. The number of methoxy groups -OCH3 is 1. The van der Waals surface area contributed by atoms with Gasteiger partial charge >= 0.3 is 0 Å². The van der Waals surface area contributed by atoms with Crippen molar-refractivity contribution in [1.82, 2.24) is 0 Å². The van der Waals surface area contributed by atoms with Crippen molar-refractivity contribution in [2.24, 2.45) is 23.0 Å². The largest absolute Gasteiger partial charge is 0.384 e. The molecule has 1 atom stereocenters. The fraction of sp³-hybridized carbons (Fsp3) is 1.00. The summed E-state index contributed by atoms with van der Waals surface area (Å²) in [7, 11) is 1.76. The van der Waals surface area contributed by atoms with Gasteiger partial charge in [-0.1, -0.05) is 27.7 Å². The highest BCUT2D eigenvalue weighted by Gasteiger charge is 2.39. The lowest BCUT2D eigenvalue weighted by Crippen LogP contribution is -2.51. The van der Waals surface area contributed by atoms with Gasteiger partial charge in [0.25, 0.3) is 0 Å². The van der Waals surface area contributed by atoms with Crippen molar-refractivity contribution >= 4 is 0 Å². The molecule has 0 aromatic carbocycles. The van der Waals surface area contributed by atoms with E-state index in [4.69, 9.17) is 10.5 Å². The summed E-state index contributed by atoms with van der Waals surface area (Å²) in [5, 5.41) is 0. The number of hydrogen-bond acceptors (Lipinski definition) is 2. The van der Waals surface area contributed by atoms with Gasteiger partial charge in [-0.25, -0.2) is 0 Å². The Balaban J connectivity index is 2.53. The minimum Gasteiger partial charge on any atom is -0.384 e. The molecule has 0 spiro atoms. The summed E-state index contributed by atoms with van der Waals surface area (Å²) >= 11 is 0. The Kier molecular flexibility index (Phi) is 4.42. The summed E-state index contributed by atoms with van der Waals surface area (Å²) in [6.45, 7) is 10.1. The maximum absolute atomic E-state index is 6.51. The molecular weight excluding hydrogens is 198 g/mol. The van der Waals surface area contributed by atoms with Gasteiger partial charge in [0, 0.05) is 12.6 Å². The Morgan fingerprint density at radius 3 is 2.19 bits per heavy atom. The quantitative estimate of drug-likeness (QED) is 0.803. The third kappa shape index (κ3) is 3.21. The van der Waals surface area contributed by atoms with E-state index in [0.717, 1.165) is 25.4 Å². The van der Waals surface area contributed by atoms with E-state index in [1.807, 2.05) is 0 Å². The van der Waals surface area contributed by atoms with Crippen molar-refractivity contribution in [3.63, 3.8) is 0 Å². The SMILES string of the molecule is COCC(C)C1(N)CCC(C(C)(C)C)CC1. The molecule has 0 radical (unpaired) electrons. The van der Waals surface area contributed by atoms with Gasteiger partial charge in [0.1, 0.15) is 0 Å². The second-order valence-corrected chi connectivity index (χ2v) is 6.73. The topological polar surface area (TPSA) is 35.2 Å². The van der Waals surface area contributed by atoms with Crippen LogP contribution in [-0.2, 0) is 4.74 Å². The van der Waals surface area contributed by atoms with E-state index in [-0.39, 0.29) is 5.54 Å². The molecule has 0 aromatic heterocycles. The monoisotopic (exact) mass is 227 g/mol. The average Bonchev–Trinajstić information content (AvgIpc) is 2.17. The minimum absolute atomic E-state index is 0.0117. The second kappa shape index (κ2) is 5.05. The molecule has 0 bridgehead atoms. The van der Waals surface area contributed by atoms with Gasteiger partial charge in [-0.15, -0.1) is 0 Å². The molecule has 2 N–H and O–H groups in total. The van der Waals surface area contributed by atoms with Crippen LogP contribution in [0.2, 0.25) is 0 Å². The van der Waals surface area contributed by atoms with Gasteiger partial charge in [0.05, 0.1) is 6.61 Å². The van der Waals surface area contributed by atoms with Crippen molar-refractivity contribution in [2.45, 2.75) is 58.9 Å². The smallest absolute Gasteiger partial charge is 0.0505 e. The fourth-order valence-corrected chi connectivity index (χ4v) is 2.93. The Morgan fingerprint density at radius 2 is 1.81 bits per heavy atom. The summed E-state index contributed by atoms with van der Waals surface area (Å²) in [6, 6.07) is 0. The molecule has 96 valence electrons. The third-order valence-corrected chi connectivity index (χ3v) is 4.54. The van der Waals surface area contributed by atoms with Crippen molar-refractivity contribution in [3.8, 4) is 0 Å². The second-order valence-electron chi connectivity index (χ2n) is 6.73. The van der Waals surface area contributed by atoms with Crippen LogP contribution in [0.15, 0.2) is 0 Å². The van der Waals surface area contributed by atoms with Crippen LogP contribution in [0.25, 0.3) is 0 Å². The first-order valence-electron chi connectivity index (χ1n) is 6.57. The standard InChI is InChI=1S/C14H29NO/c1-11(10-16-5)14(15)8-6-12(7-9-14)13(2,3)4/h11-12H,6-10,15H2,1-5H3. The third-order valence-electron chi connectivity index (χ3n) is 4.54. The Bertz CT molecular complexity index is 211. The average molecular weight is 227 g/mol. The van der Waals surface area contributed by atoms with Gasteiger partial charge in [0.2, 0.25) is 0 Å². The van der Waals surface area contributed by atoms with Crippen LogP contribution in [0, 0.1) is 17.3 Å². The number of rotatable bonds is 3. The zero-order chi connectivity index (χ0) is 12.4. The van der Waals surface area contributed by atoms with Crippen LogP contribution in [0.4, 0.5) is 0 Å². The highest BCUT2D eigenvalue weighted by molar-refractivity contribution is 4.95. The van der Waals surface area contributed by atoms with Crippen molar-refractivity contribution < 1.29 is 4.74 Å². The predicted octanol–water partition coefficient (Wildman–Crippen LogP) is 3.20. The first-order chi connectivity index (χ1) is 7.29. The highest BCUT2D eigenvalue weighted by atomic mass is 16.5. The zero-order valence-electron chi connectivity index (χ0n) is 11.7. The fourth-order valence-electron chi connectivity index (χ4n) is 2.93.